The molecule has 1 spiro atoms. The van der Waals surface area contributed by atoms with E-state index in [1.54, 1.807) is 5.56 Å². The Morgan fingerprint density at radius 1 is 1.22 bits per heavy atom. The van der Waals surface area contributed by atoms with E-state index in [0.29, 0.717) is 5.41 Å². The Hall–Kier alpha value is -0.500. The summed E-state index contributed by atoms with van der Waals surface area (Å²) in [5, 5.41) is 0. The zero-order valence-corrected chi connectivity index (χ0v) is 12.8. The van der Waals surface area contributed by atoms with Gasteiger partial charge in [0.25, 0.3) is 0 Å². The van der Waals surface area contributed by atoms with E-state index >= 15 is 0 Å². The standard InChI is InChI=1S/C16H22BrN/c1-2-10-18-12-16(8-4-3-5-9-16)14-11-13(17)6-7-15(14)18/h6-7,11H,2-5,8-10,12H2,1H3. The summed E-state index contributed by atoms with van der Waals surface area (Å²) < 4.78 is 1.24. The first kappa shape index (κ1) is 12.5. The molecular formula is C16H22BrN. The molecule has 0 saturated heterocycles. The molecule has 0 unspecified atom stereocenters. The van der Waals surface area contributed by atoms with Crippen LogP contribution in [0.2, 0.25) is 0 Å². The molecular weight excluding hydrogens is 286 g/mol. The Morgan fingerprint density at radius 3 is 2.72 bits per heavy atom. The summed E-state index contributed by atoms with van der Waals surface area (Å²) >= 11 is 3.66. The van der Waals surface area contributed by atoms with Gasteiger partial charge in [0.05, 0.1) is 0 Å². The Bertz CT molecular complexity index is 435. The number of nitrogens with zero attached hydrogens (tertiary/aromatic N) is 1. The van der Waals surface area contributed by atoms with Gasteiger partial charge < -0.3 is 4.90 Å². The molecule has 1 fully saturated rings. The number of benzene rings is 1. The van der Waals surface area contributed by atoms with Gasteiger partial charge in [0.2, 0.25) is 0 Å². The minimum atomic E-state index is 0.465. The highest BCUT2D eigenvalue weighted by atomic mass is 79.9. The van der Waals surface area contributed by atoms with Crippen LogP contribution in [0.15, 0.2) is 22.7 Å². The fourth-order valence-electron chi connectivity index (χ4n) is 3.87. The summed E-state index contributed by atoms with van der Waals surface area (Å²) in [4.78, 5) is 2.62. The Labute approximate surface area is 119 Å². The largest absolute Gasteiger partial charge is 0.370 e. The predicted molar refractivity (Wildman–Crippen MR) is 81.4 cm³/mol. The Balaban J connectivity index is 2.02. The third-order valence-corrected chi connectivity index (χ3v) is 5.16. The van der Waals surface area contributed by atoms with Crippen molar-refractivity contribution in [3.63, 3.8) is 0 Å². The highest BCUT2D eigenvalue weighted by Crippen LogP contribution is 2.49. The SMILES string of the molecule is CCCN1CC2(CCCCC2)c2cc(Br)ccc21. The van der Waals surface area contributed by atoms with Crippen LogP contribution < -0.4 is 4.90 Å². The van der Waals surface area contributed by atoms with Gasteiger partial charge in [0.15, 0.2) is 0 Å². The molecule has 0 radical (unpaired) electrons. The van der Waals surface area contributed by atoms with Crippen molar-refractivity contribution in [2.45, 2.75) is 50.9 Å². The van der Waals surface area contributed by atoms with Crippen LogP contribution in [0.1, 0.15) is 51.0 Å². The Kier molecular flexibility index (Phi) is 3.40. The maximum atomic E-state index is 3.66. The highest BCUT2D eigenvalue weighted by Gasteiger charge is 2.42. The van der Waals surface area contributed by atoms with Crippen LogP contribution in [0.5, 0.6) is 0 Å². The number of hydrogen-bond donors (Lipinski definition) is 0. The number of halogens is 1. The molecule has 1 aromatic rings. The molecule has 2 aliphatic rings. The van der Waals surface area contributed by atoms with Crippen LogP contribution >= 0.6 is 15.9 Å². The molecule has 3 rings (SSSR count). The molecule has 0 bridgehead atoms. The first-order valence-corrected chi connectivity index (χ1v) is 8.09. The van der Waals surface area contributed by atoms with Crippen LogP contribution in [0.3, 0.4) is 0 Å². The molecule has 0 amide bonds. The number of fused-ring (bicyclic) bond motifs is 2. The van der Waals surface area contributed by atoms with Crippen molar-refractivity contribution in [2.24, 2.45) is 0 Å². The molecule has 0 atom stereocenters. The van der Waals surface area contributed by atoms with Gasteiger partial charge in [0, 0.05) is 28.7 Å². The van der Waals surface area contributed by atoms with Gasteiger partial charge in [-0.25, -0.2) is 0 Å². The summed E-state index contributed by atoms with van der Waals surface area (Å²) in [6, 6.07) is 6.90. The normalized spacial score (nSPS) is 21.3. The second kappa shape index (κ2) is 4.88. The van der Waals surface area contributed by atoms with E-state index in [1.807, 2.05) is 0 Å². The third kappa shape index (κ3) is 1.99. The summed E-state index contributed by atoms with van der Waals surface area (Å²) in [7, 11) is 0. The van der Waals surface area contributed by atoms with Crippen molar-refractivity contribution < 1.29 is 0 Å². The van der Waals surface area contributed by atoms with Gasteiger partial charge >= 0.3 is 0 Å². The van der Waals surface area contributed by atoms with Crippen molar-refractivity contribution in [2.75, 3.05) is 18.0 Å². The van der Waals surface area contributed by atoms with Gasteiger partial charge in [-0.1, -0.05) is 42.1 Å². The molecule has 1 aromatic carbocycles. The molecule has 1 nitrogen and oxygen atoms in total. The van der Waals surface area contributed by atoms with Gasteiger partial charge in [-0.05, 0) is 43.0 Å². The van der Waals surface area contributed by atoms with E-state index < -0.39 is 0 Å². The first-order chi connectivity index (χ1) is 8.75. The summed E-state index contributed by atoms with van der Waals surface area (Å²) in [6.45, 7) is 4.74. The van der Waals surface area contributed by atoms with Crippen LogP contribution in [-0.4, -0.2) is 13.1 Å². The number of rotatable bonds is 2. The van der Waals surface area contributed by atoms with Crippen molar-refractivity contribution in [1.29, 1.82) is 0 Å². The zero-order valence-electron chi connectivity index (χ0n) is 11.2. The topological polar surface area (TPSA) is 3.24 Å². The molecule has 18 heavy (non-hydrogen) atoms. The number of hydrogen-bond acceptors (Lipinski definition) is 1. The van der Waals surface area contributed by atoms with E-state index in [0.717, 1.165) is 0 Å². The van der Waals surface area contributed by atoms with Gasteiger partial charge in [0.1, 0.15) is 0 Å². The summed E-state index contributed by atoms with van der Waals surface area (Å²) in [5.74, 6) is 0. The van der Waals surface area contributed by atoms with Crippen LogP contribution in [0.4, 0.5) is 5.69 Å². The fraction of sp³-hybridized carbons (Fsp3) is 0.625. The lowest BCUT2D eigenvalue weighted by atomic mass is 9.71. The van der Waals surface area contributed by atoms with Gasteiger partial charge in [-0.3, -0.25) is 0 Å². The quantitative estimate of drug-likeness (QED) is 0.752. The lowest BCUT2D eigenvalue weighted by Crippen LogP contribution is -2.35. The van der Waals surface area contributed by atoms with E-state index in [-0.39, 0.29) is 0 Å². The first-order valence-electron chi connectivity index (χ1n) is 7.30. The molecule has 0 N–H and O–H groups in total. The van der Waals surface area contributed by atoms with Gasteiger partial charge in [-0.15, -0.1) is 0 Å². The van der Waals surface area contributed by atoms with E-state index in [1.165, 1.54) is 61.8 Å². The van der Waals surface area contributed by atoms with E-state index in [4.69, 9.17) is 0 Å². The van der Waals surface area contributed by atoms with Crippen LogP contribution in [-0.2, 0) is 5.41 Å². The van der Waals surface area contributed by atoms with Gasteiger partial charge in [-0.2, -0.15) is 0 Å². The maximum Gasteiger partial charge on any atom is 0.0406 e. The average molecular weight is 308 g/mol. The second-order valence-corrected chi connectivity index (χ2v) is 6.84. The Morgan fingerprint density at radius 2 is 2.00 bits per heavy atom. The molecule has 98 valence electrons. The lowest BCUT2D eigenvalue weighted by molar-refractivity contribution is 0.310. The molecule has 1 aliphatic carbocycles. The van der Waals surface area contributed by atoms with Crippen LogP contribution in [0, 0.1) is 0 Å². The maximum absolute atomic E-state index is 3.66. The third-order valence-electron chi connectivity index (χ3n) is 4.67. The van der Waals surface area contributed by atoms with Crippen molar-refractivity contribution in [3.05, 3.63) is 28.2 Å². The minimum Gasteiger partial charge on any atom is -0.370 e. The van der Waals surface area contributed by atoms with E-state index in [9.17, 15) is 0 Å². The van der Waals surface area contributed by atoms with Crippen molar-refractivity contribution >= 4 is 21.6 Å². The smallest absolute Gasteiger partial charge is 0.0406 e. The van der Waals surface area contributed by atoms with E-state index in [2.05, 4.69) is 46.0 Å². The molecule has 0 aromatic heterocycles. The summed E-state index contributed by atoms with van der Waals surface area (Å²) in [5.41, 5.74) is 3.58. The van der Waals surface area contributed by atoms with Crippen LogP contribution in [0.25, 0.3) is 0 Å². The highest BCUT2D eigenvalue weighted by molar-refractivity contribution is 9.10. The lowest BCUT2D eigenvalue weighted by Gasteiger charge is -2.34. The molecule has 1 heterocycles. The number of anilines is 1. The fourth-order valence-corrected chi connectivity index (χ4v) is 4.23. The van der Waals surface area contributed by atoms with Crippen molar-refractivity contribution in [3.8, 4) is 0 Å². The molecule has 2 heteroatoms. The second-order valence-electron chi connectivity index (χ2n) is 5.92. The summed E-state index contributed by atoms with van der Waals surface area (Å²) in [6.07, 6.45) is 8.26. The predicted octanol–water partition coefficient (Wildman–Crippen LogP) is 4.88. The monoisotopic (exact) mass is 307 g/mol. The zero-order chi connectivity index (χ0) is 12.6. The molecule has 1 aliphatic heterocycles. The average Bonchev–Trinajstić information content (AvgIpc) is 2.65. The minimum absolute atomic E-state index is 0.465. The van der Waals surface area contributed by atoms with Crippen molar-refractivity contribution in [1.82, 2.24) is 0 Å². The molecule has 1 saturated carbocycles.